The van der Waals surface area contributed by atoms with E-state index >= 15 is 0 Å². The second-order valence-electron chi connectivity index (χ2n) is 7.21. The first-order valence-electron chi connectivity index (χ1n) is 9.25. The summed E-state index contributed by atoms with van der Waals surface area (Å²) in [5.41, 5.74) is 1.53. The van der Waals surface area contributed by atoms with E-state index in [-0.39, 0.29) is 23.7 Å². The third kappa shape index (κ3) is 3.28. The molecular formula is C20H21FN6O2. The van der Waals surface area contributed by atoms with Gasteiger partial charge in [-0.1, -0.05) is 13.8 Å². The Kier molecular flexibility index (Phi) is 4.65. The number of aromatic nitrogens is 6. The number of nitrogens with zero attached hydrogens (tertiary/aromatic N) is 6. The van der Waals surface area contributed by atoms with Crippen LogP contribution in [0.3, 0.4) is 0 Å². The Balaban J connectivity index is 1.80. The summed E-state index contributed by atoms with van der Waals surface area (Å²) < 4.78 is 23.2. The normalized spacial score (nSPS) is 12.6. The molecule has 0 aliphatic heterocycles. The van der Waals surface area contributed by atoms with E-state index in [1.54, 1.807) is 27.6 Å². The van der Waals surface area contributed by atoms with E-state index in [1.807, 2.05) is 26.8 Å². The average molecular weight is 396 g/mol. The number of rotatable bonds is 5. The van der Waals surface area contributed by atoms with Crippen LogP contribution in [0.2, 0.25) is 0 Å². The highest BCUT2D eigenvalue weighted by Gasteiger charge is 2.22. The molecule has 0 radical (unpaired) electrons. The second-order valence-corrected chi connectivity index (χ2v) is 7.21. The van der Waals surface area contributed by atoms with Crippen LogP contribution in [0.15, 0.2) is 47.7 Å². The summed E-state index contributed by atoms with van der Waals surface area (Å²) in [4.78, 5) is 16.9. The summed E-state index contributed by atoms with van der Waals surface area (Å²) in [5.74, 6) is -0.203. The molecular weight excluding hydrogens is 375 g/mol. The van der Waals surface area contributed by atoms with E-state index < -0.39 is 5.82 Å². The van der Waals surface area contributed by atoms with Crippen molar-refractivity contribution in [2.24, 2.45) is 5.92 Å². The highest BCUT2D eigenvalue weighted by molar-refractivity contribution is 5.80. The molecule has 0 saturated carbocycles. The van der Waals surface area contributed by atoms with Gasteiger partial charge in [-0.15, -0.1) is 5.10 Å². The number of methoxy groups -OCH3 is 1. The van der Waals surface area contributed by atoms with Crippen molar-refractivity contribution in [2.75, 3.05) is 7.11 Å². The van der Waals surface area contributed by atoms with Crippen LogP contribution in [0.1, 0.15) is 26.8 Å². The van der Waals surface area contributed by atoms with Gasteiger partial charge in [-0.05, 0) is 31.0 Å². The maximum Gasteiger partial charge on any atom is 0.353 e. The van der Waals surface area contributed by atoms with Gasteiger partial charge in [0.1, 0.15) is 5.82 Å². The first-order valence-corrected chi connectivity index (χ1v) is 9.25. The average Bonchev–Trinajstić information content (AvgIpc) is 3.27. The number of hydrogen-bond acceptors (Lipinski definition) is 5. The van der Waals surface area contributed by atoms with E-state index in [9.17, 15) is 9.18 Å². The molecule has 0 N–H and O–H groups in total. The molecule has 3 heterocycles. The monoisotopic (exact) mass is 396 g/mol. The molecule has 3 aromatic heterocycles. The predicted molar refractivity (Wildman–Crippen MR) is 106 cm³/mol. The fourth-order valence-corrected chi connectivity index (χ4v) is 3.12. The van der Waals surface area contributed by atoms with Gasteiger partial charge in [0.05, 0.1) is 36.4 Å². The van der Waals surface area contributed by atoms with Crippen molar-refractivity contribution in [2.45, 2.75) is 26.8 Å². The van der Waals surface area contributed by atoms with E-state index in [0.29, 0.717) is 16.9 Å². The van der Waals surface area contributed by atoms with Crippen molar-refractivity contribution in [1.82, 2.24) is 29.1 Å². The first kappa shape index (κ1) is 18.9. The lowest BCUT2D eigenvalue weighted by atomic mass is 10.1. The van der Waals surface area contributed by atoms with Crippen molar-refractivity contribution in [3.8, 4) is 17.4 Å². The minimum absolute atomic E-state index is 0.0711. The number of benzene rings is 1. The molecule has 150 valence electrons. The van der Waals surface area contributed by atoms with Gasteiger partial charge in [0.25, 0.3) is 0 Å². The van der Waals surface area contributed by atoms with Crippen LogP contribution in [-0.4, -0.2) is 36.2 Å². The number of halogens is 1. The maximum atomic E-state index is 13.5. The molecule has 1 unspecified atom stereocenters. The van der Waals surface area contributed by atoms with E-state index in [0.717, 1.165) is 11.6 Å². The first-order chi connectivity index (χ1) is 13.9. The van der Waals surface area contributed by atoms with Crippen LogP contribution in [0.4, 0.5) is 4.39 Å². The molecule has 8 nitrogen and oxygen atoms in total. The molecule has 1 atom stereocenters. The third-order valence-corrected chi connectivity index (χ3v) is 5.02. The zero-order chi connectivity index (χ0) is 20.7. The topological polar surface area (TPSA) is 79.8 Å². The lowest BCUT2D eigenvalue weighted by molar-refractivity contribution is 0.309. The highest BCUT2D eigenvalue weighted by Crippen LogP contribution is 2.22. The Hall–Kier alpha value is -3.49. The molecule has 1 aromatic carbocycles. The second kappa shape index (κ2) is 7.16. The largest absolute Gasteiger partial charge is 0.467 e. The van der Waals surface area contributed by atoms with Crippen LogP contribution in [-0.2, 0) is 0 Å². The molecule has 0 aliphatic carbocycles. The summed E-state index contributed by atoms with van der Waals surface area (Å²) in [7, 11) is 1.50. The smallest absolute Gasteiger partial charge is 0.353 e. The van der Waals surface area contributed by atoms with Gasteiger partial charge < -0.3 is 4.74 Å². The van der Waals surface area contributed by atoms with Crippen LogP contribution < -0.4 is 10.4 Å². The van der Waals surface area contributed by atoms with Crippen molar-refractivity contribution in [3.05, 3.63) is 59.2 Å². The standard InChI is InChI=1S/C20H21FN6O2/c1-12(2)13(3)26-19(29-4)24-27(20(26)28)16-5-6-18-14(7-16)11-25(23-18)17-8-15(21)9-22-10-17/h5-13H,1-4H3. The SMILES string of the molecule is COc1nn(-c2ccc3nn(-c4cncc(F)c4)cc3c2)c(=O)n1C(C)C(C)C. The molecule has 0 bridgehead atoms. The molecule has 0 aliphatic rings. The number of pyridine rings is 1. The lowest BCUT2D eigenvalue weighted by Gasteiger charge is -2.16. The molecule has 4 rings (SSSR count). The molecule has 0 spiro atoms. The lowest BCUT2D eigenvalue weighted by Crippen LogP contribution is -2.28. The van der Waals surface area contributed by atoms with Gasteiger partial charge >= 0.3 is 11.7 Å². The fraction of sp³-hybridized carbons (Fsp3) is 0.300. The molecule has 9 heteroatoms. The zero-order valence-corrected chi connectivity index (χ0v) is 16.6. The maximum absolute atomic E-state index is 13.5. The van der Waals surface area contributed by atoms with Crippen LogP contribution >= 0.6 is 0 Å². The molecule has 4 aromatic rings. The van der Waals surface area contributed by atoms with Crippen molar-refractivity contribution in [3.63, 3.8) is 0 Å². The van der Waals surface area contributed by atoms with Gasteiger partial charge in [-0.25, -0.2) is 18.4 Å². The molecule has 0 amide bonds. The van der Waals surface area contributed by atoms with E-state index in [2.05, 4.69) is 15.2 Å². The van der Waals surface area contributed by atoms with E-state index in [4.69, 9.17) is 4.74 Å². The third-order valence-electron chi connectivity index (χ3n) is 5.02. The van der Waals surface area contributed by atoms with Gasteiger partial charge in [0.15, 0.2) is 0 Å². The quantitative estimate of drug-likeness (QED) is 0.518. The van der Waals surface area contributed by atoms with Crippen molar-refractivity contribution < 1.29 is 9.13 Å². The summed E-state index contributed by atoms with van der Waals surface area (Å²) in [6.07, 6.45) is 4.42. The zero-order valence-electron chi connectivity index (χ0n) is 16.6. The van der Waals surface area contributed by atoms with Crippen LogP contribution in [0.25, 0.3) is 22.3 Å². The Morgan fingerprint density at radius 3 is 2.55 bits per heavy atom. The Morgan fingerprint density at radius 2 is 1.86 bits per heavy atom. The van der Waals surface area contributed by atoms with Crippen molar-refractivity contribution in [1.29, 1.82) is 0 Å². The molecule has 29 heavy (non-hydrogen) atoms. The highest BCUT2D eigenvalue weighted by atomic mass is 19.1. The summed E-state index contributed by atoms with van der Waals surface area (Å²) in [5, 5.41) is 9.57. The fourth-order valence-electron chi connectivity index (χ4n) is 3.12. The minimum Gasteiger partial charge on any atom is -0.467 e. The van der Waals surface area contributed by atoms with Gasteiger partial charge in [-0.2, -0.15) is 9.78 Å². The van der Waals surface area contributed by atoms with Gasteiger partial charge in [0, 0.05) is 23.7 Å². The summed E-state index contributed by atoms with van der Waals surface area (Å²) in [6.45, 7) is 6.03. The van der Waals surface area contributed by atoms with Crippen LogP contribution in [0, 0.1) is 11.7 Å². The number of ether oxygens (including phenoxy) is 1. The minimum atomic E-state index is -0.439. The van der Waals surface area contributed by atoms with Crippen LogP contribution in [0.5, 0.6) is 6.01 Å². The Morgan fingerprint density at radius 1 is 1.07 bits per heavy atom. The number of hydrogen-bond donors (Lipinski definition) is 0. The summed E-state index contributed by atoms with van der Waals surface area (Å²) in [6, 6.07) is 6.91. The van der Waals surface area contributed by atoms with Gasteiger partial charge in [-0.3, -0.25) is 4.98 Å². The Labute approximate surface area is 166 Å². The molecule has 0 saturated heterocycles. The Bertz CT molecular complexity index is 1240. The summed E-state index contributed by atoms with van der Waals surface area (Å²) >= 11 is 0. The molecule has 0 fully saturated rings. The number of fused-ring (bicyclic) bond motifs is 1. The van der Waals surface area contributed by atoms with E-state index in [1.165, 1.54) is 24.1 Å². The van der Waals surface area contributed by atoms with Crippen molar-refractivity contribution >= 4 is 10.9 Å². The predicted octanol–water partition coefficient (Wildman–Crippen LogP) is 3.13. The van der Waals surface area contributed by atoms with Gasteiger partial charge in [0.2, 0.25) is 0 Å².